The van der Waals surface area contributed by atoms with Gasteiger partial charge in [0.25, 0.3) is 5.91 Å². The molecule has 116 valence electrons. The van der Waals surface area contributed by atoms with Crippen LogP contribution in [0.3, 0.4) is 0 Å². The molecule has 0 aliphatic carbocycles. The molecular formula is C18H14FNO3. The summed E-state index contributed by atoms with van der Waals surface area (Å²) in [6, 6.07) is 12.1. The number of carbonyl (C=O) groups is 1. The van der Waals surface area contributed by atoms with Gasteiger partial charge < -0.3 is 9.73 Å². The Morgan fingerprint density at radius 1 is 1.17 bits per heavy atom. The van der Waals surface area contributed by atoms with E-state index in [0.717, 1.165) is 24.1 Å². The zero-order chi connectivity index (χ0) is 16.4. The molecule has 0 unspecified atom stereocenters. The lowest BCUT2D eigenvalue weighted by Gasteiger charge is -2.07. The van der Waals surface area contributed by atoms with Crippen LogP contribution in [0.2, 0.25) is 0 Å². The number of fused-ring (bicyclic) bond motifs is 1. The maximum atomic E-state index is 13.2. The molecule has 0 bridgehead atoms. The van der Waals surface area contributed by atoms with Crippen molar-refractivity contribution in [2.75, 3.05) is 5.32 Å². The Balaban J connectivity index is 1.94. The van der Waals surface area contributed by atoms with Gasteiger partial charge in [0.05, 0.1) is 5.39 Å². The summed E-state index contributed by atoms with van der Waals surface area (Å²) in [4.78, 5) is 24.3. The van der Waals surface area contributed by atoms with Crippen LogP contribution in [-0.2, 0) is 6.42 Å². The Bertz CT molecular complexity index is 946. The lowest BCUT2D eigenvalue weighted by Crippen LogP contribution is -2.15. The van der Waals surface area contributed by atoms with Gasteiger partial charge >= 0.3 is 0 Å². The van der Waals surface area contributed by atoms with E-state index in [9.17, 15) is 14.0 Å². The smallest absolute Gasteiger partial charge is 0.291 e. The number of benzene rings is 2. The largest absolute Gasteiger partial charge is 0.451 e. The zero-order valence-electron chi connectivity index (χ0n) is 12.4. The molecule has 0 saturated carbocycles. The van der Waals surface area contributed by atoms with E-state index < -0.39 is 17.2 Å². The van der Waals surface area contributed by atoms with Crippen LogP contribution in [0.25, 0.3) is 11.0 Å². The molecule has 0 aliphatic rings. The van der Waals surface area contributed by atoms with E-state index in [0.29, 0.717) is 5.69 Å². The van der Waals surface area contributed by atoms with E-state index in [-0.39, 0.29) is 16.7 Å². The second kappa shape index (κ2) is 6.04. The first kappa shape index (κ1) is 15.0. The van der Waals surface area contributed by atoms with Gasteiger partial charge in [-0.3, -0.25) is 9.59 Å². The molecule has 1 amide bonds. The third-order valence-corrected chi connectivity index (χ3v) is 3.51. The third-order valence-electron chi connectivity index (χ3n) is 3.51. The van der Waals surface area contributed by atoms with Crippen LogP contribution in [0, 0.1) is 5.82 Å². The van der Waals surface area contributed by atoms with Crippen LogP contribution < -0.4 is 10.7 Å². The fourth-order valence-electron chi connectivity index (χ4n) is 2.30. The van der Waals surface area contributed by atoms with Crippen molar-refractivity contribution >= 4 is 22.6 Å². The molecule has 23 heavy (non-hydrogen) atoms. The Hall–Kier alpha value is -2.95. The fourth-order valence-corrected chi connectivity index (χ4v) is 2.30. The zero-order valence-corrected chi connectivity index (χ0v) is 12.4. The lowest BCUT2D eigenvalue weighted by molar-refractivity contribution is 0.0997. The predicted octanol–water partition coefficient (Wildman–Crippen LogP) is 3.75. The number of halogens is 1. The highest BCUT2D eigenvalue weighted by Crippen LogP contribution is 2.16. The number of carbonyl (C=O) groups excluding carboxylic acids is 1. The molecule has 3 rings (SSSR count). The SMILES string of the molecule is CCc1cccc(NC(=O)c2cc(=O)c3cc(F)ccc3o2)c1. The second-order valence-corrected chi connectivity index (χ2v) is 5.12. The summed E-state index contributed by atoms with van der Waals surface area (Å²) in [5, 5.41) is 2.80. The Kier molecular flexibility index (Phi) is 3.93. The molecule has 0 fully saturated rings. The Morgan fingerprint density at radius 3 is 2.78 bits per heavy atom. The predicted molar refractivity (Wildman–Crippen MR) is 86.2 cm³/mol. The topological polar surface area (TPSA) is 59.3 Å². The number of hydrogen-bond donors (Lipinski definition) is 1. The summed E-state index contributed by atoms with van der Waals surface area (Å²) < 4.78 is 18.6. The van der Waals surface area contributed by atoms with Crippen LogP contribution in [0.4, 0.5) is 10.1 Å². The second-order valence-electron chi connectivity index (χ2n) is 5.12. The fraction of sp³-hybridized carbons (Fsp3) is 0.111. The Morgan fingerprint density at radius 2 is 2.00 bits per heavy atom. The molecule has 5 heteroatoms. The van der Waals surface area contributed by atoms with Gasteiger partial charge in [0.2, 0.25) is 0 Å². The van der Waals surface area contributed by atoms with Crippen molar-refractivity contribution in [1.82, 2.24) is 0 Å². The molecule has 2 aromatic carbocycles. The van der Waals surface area contributed by atoms with Gasteiger partial charge in [-0.15, -0.1) is 0 Å². The summed E-state index contributed by atoms with van der Waals surface area (Å²) in [5.74, 6) is -1.17. The molecule has 0 spiro atoms. The minimum Gasteiger partial charge on any atom is -0.451 e. The Labute approximate surface area is 131 Å². The van der Waals surface area contributed by atoms with Gasteiger partial charge in [-0.05, 0) is 42.3 Å². The van der Waals surface area contributed by atoms with Gasteiger partial charge in [0, 0.05) is 11.8 Å². The summed E-state index contributed by atoms with van der Waals surface area (Å²) in [6.07, 6.45) is 0.848. The number of hydrogen-bond acceptors (Lipinski definition) is 3. The van der Waals surface area contributed by atoms with Gasteiger partial charge in [-0.2, -0.15) is 0 Å². The first-order valence-corrected chi connectivity index (χ1v) is 7.20. The van der Waals surface area contributed by atoms with Crippen LogP contribution in [0.15, 0.2) is 57.7 Å². The molecule has 4 nitrogen and oxygen atoms in total. The van der Waals surface area contributed by atoms with Crippen LogP contribution in [-0.4, -0.2) is 5.91 Å². The van der Waals surface area contributed by atoms with Gasteiger partial charge in [0.15, 0.2) is 11.2 Å². The molecule has 0 radical (unpaired) electrons. The first-order chi connectivity index (χ1) is 11.1. The standard InChI is InChI=1S/C18H14FNO3/c1-2-11-4-3-5-13(8-11)20-18(22)17-10-15(21)14-9-12(19)6-7-16(14)23-17/h3-10H,2H2,1H3,(H,20,22). The van der Waals surface area contributed by atoms with E-state index in [1.165, 1.54) is 12.1 Å². The van der Waals surface area contributed by atoms with E-state index in [1.54, 1.807) is 6.07 Å². The molecule has 0 aliphatic heterocycles. The summed E-state index contributed by atoms with van der Waals surface area (Å²) in [6.45, 7) is 2.02. The molecule has 1 aromatic heterocycles. The van der Waals surface area contributed by atoms with Crippen LogP contribution in [0.5, 0.6) is 0 Å². The molecule has 3 aromatic rings. The van der Waals surface area contributed by atoms with Crippen molar-refractivity contribution in [3.8, 4) is 0 Å². The first-order valence-electron chi connectivity index (χ1n) is 7.20. The minimum absolute atomic E-state index is 0.106. The van der Waals surface area contributed by atoms with Crippen LogP contribution in [0.1, 0.15) is 23.0 Å². The van der Waals surface area contributed by atoms with Crippen molar-refractivity contribution in [3.05, 3.63) is 75.9 Å². The number of aryl methyl sites for hydroxylation is 1. The number of rotatable bonds is 3. The number of amides is 1. The van der Waals surface area contributed by atoms with Gasteiger partial charge in [-0.25, -0.2) is 4.39 Å². The molecule has 1 heterocycles. The monoisotopic (exact) mass is 311 g/mol. The van der Waals surface area contributed by atoms with Gasteiger partial charge in [0.1, 0.15) is 11.4 Å². The van der Waals surface area contributed by atoms with E-state index >= 15 is 0 Å². The maximum absolute atomic E-state index is 13.2. The normalized spacial score (nSPS) is 10.7. The number of nitrogens with one attached hydrogen (secondary N) is 1. The molecule has 0 saturated heterocycles. The highest BCUT2D eigenvalue weighted by Gasteiger charge is 2.13. The lowest BCUT2D eigenvalue weighted by atomic mass is 10.1. The molecule has 1 N–H and O–H groups in total. The van der Waals surface area contributed by atoms with Crippen molar-refractivity contribution in [2.24, 2.45) is 0 Å². The summed E-state index contributed by atoms with van der Waals surface area (Å²) >= 11 is 0. The number of anilines is 1. The summed E-state index contributed by atoms with van der Waals surface area (Å²) in [7, 11) is 0. The highest BCUT2D eigenvalue weighted by atomic mass is 19.1. The van der Waals surface area contributed by atoms with Crippen LogP contribution >= 0.6 is 0 Å². The molecule has 0 atom stereocenters. The average Bonchev–Trinajstić information content (AvgIpc) is 2.55. The van der Waals surface area contributed by atoms with Crippen molar-refractivity contribution < 1.29 is 13.6 Å². The molecular weight excluding hydrogens is 297 g/mol. The summed E-state index contributed by atoms with van der Waals surface area (Å²) in [5.41, 5.74) is 1.42. The van der Waals surface area contributed by atoms with Gasteiger partial charge in [-0.1, -0.05) is 19.1 Å². The van der Waals surface area contributed by atoms with E-state index in [4.69, 9.17) is 4.42 Å². The minimum atomic E-state index is -0.529. The van der Waals surface area contributed by atoms with Crippen molar-refractivity contribution in [3.63, 3.8) is 0 Å². The third kappa shape index (κ3) is 3.13. The van der Waals surface area contributed by atoms with E-state index in [2.05, 4.69) is 5.32 Å². The quantitative estimate of drug-likeness (QED) is 0.801. The maximum Gasteiger partial charge on any atom is 0.291 e. The van der Waals surface area contributed by atoms with E-state index in [1.807, 2.05) is 25.1 Å². The average molecular weight is 311 g/mol. The van der Waals surface area contributed by atoms with Crippen molar-refractivity contribution in [2.45, 2.75) is 13.3 Å². The highest BCUT2D eigenvalue weighted by molar-refractivity contribution is 6.03. The van der Waals surface area contributed by atoms with Crippen molar-refractivity contribution in [1.29, 1.82) is 0 Å².